The number of aliphatic imine (C=N–C) groups is 1. The molecule has 1 atom stereocenters. The number of hydrogen-bond acceptors (Lipinski definition) is 5. The molecule has 138 valence electrons. The van der Waals surface area contributed by atoms with Crippen LogP contribution in [0.5, 0.6) is 0 Å². The number of carbonyl (C=O) groups excluding carboxylic acids is 1. The summed E-state index contributed by atoms with van der Waals surface area (Å²) in [4.78, 5) is 24.9. The van der Waals surface area contributed by atoms with Crippen molar-refractivity contribution in [3.63, 3.8) is 0 Å². The van der Waals surface area contributed by atoms with Crippen molar-refractivity contribution in [2.75, 3.05) is 80.1 Å². The van der Waals surface area contributed by atoms with Crippen LogP contribution in [0.3, 0.4) is 0 Å². The molecule has 8 heteroatoms. The van der Waals surface area contributed by atoms with Crippen LogP contribution >= 0.6 is 0 Å². The highest BCUT2D eigenvalue weighted by Crippen LogP contribution is 2.07. The fraction of sp³-hybridized carbons (Fsp3) is 0.875. The van der Waals surface area contributed by atoms with Crippen LogP contribution in [-0.4, -0.2) is 118 Å². The Kier molecular flexibility index (Phi) is 7.11. The van der Waals surface area contributed by atoms with Gasteiger partial charge >= 0.3 is 6.09 Å². The average molecular weight is 340 g/mol. The fourth-order valence-electron chi connectivity index (χ4n) is 3.18. The predicted octanol–water partition coefficient (Wildman–Crippen LogP) is -0.418. The molecule has 2 heterocycles. The second kappa shape index (κ2) is 9.08. The molecule has 8 nitrogen and oxygen atoms in total. The summed E-state index contributed by atoms with van der Waals surface area (Å²) in [5.41, 5.74) is 0. The lowest BCUT2D eigenvalue weighted by Crippen LogP contribution is -2.58. The van der Waals surface area contributed by atoms with Crippen LogP contribution in [0.1, 0.15) is 6.92 Å². The van der Waals surface area contributed by atoms with E-state index in [-0.39, 0.29) is 6.09 Å². The van der Waals surface area contributed by atoms with Crippen LogP contribution in [0.2, 0.25) is 0 Å². The van der Waals surface area contributed by atoms with Crippen molar-refractivity contribution in [3.8, 4) is 0 Å². The van der Waals surface area contributed by atoms with Gasteiger partial charge in [0.15, 0.2) is 5.96 Å². The molecule has 0 aromatic heterocycles. The Balaban J connectivity index is 1.79. The summed E-state index contributed by atoms with van der Waals surface area (Å²) >= 11 is 0. The van der Waals surface area contributed by atoms with Crippen LogP contribution in [0, 0.1) is 0 Å². The van der Waals surface area contributed by atoms with Gasteiger partial charge in [-0.15, -0.1) is 0 Å². The molecule has 2 rings (SSSR count). The van der Waals surface area contributed by atoms with E-state index in [0.717, 1.165) is 45.2 Å². The lowest BCUT2D eigenvalue weighted by molar-refractivity contribution is 0.0908. The number of guanidine groups is 1. The van der Waals surface area contributed by atoms with E-state index in [9.17, 15) is 4.79 Å². The second-order valence-corrected chi connectivity index (χ2v) is 6.50. The first-order valence-corrected chi connectivity index (χ1v) is 8.81. The van der Waals surface area contributed by atoms with Gasteiger partial charge in [-0.1, -0.05) is 0 Å². The van der Waals surface area contributed by atoms with Gasteiger partial charge in [-0.05, 0) is 21.0 Å². The van der Waals surface area contributed by atoms with Crippen LogP contribution in [0.25, 0.3) is 0 Å². The molecule has 24 heavy (non-hydrogen) atoms. The van der Waals surface area contributed by atoms with Gasteiger partial charge in [0.2, 0.25) is 0 Å². The van der Waals surface area contributed by atoms with Crippen molar-refractivity contribution in [3.05, 3.63) is 0 Å². The van der Waals surface area contributed by atoms with Crippen molar-refractivity contribution in [2.45, 2.75) is 13.0 Å². The number of ether oxygens (including phenoxy) is 1. The SMILES string of the molecule is CCOC(=O)N1CCN(C(=NC)NCC2CN(C)CCN2C)CC1. The molecular formula is C16H32N6O2. The topological polar surface area (TPSA) is 63.7 Å². The molecule has 2 saturated heterocycles. The monoisotopic (exact) mass is 340 g/mol. The Morgan fingerprint density at radius 2 is 1.79 bits per heavy atom. The third kappa shape index (κ3) is 4.98. The maximum atomic E-state index is 11.8. The van der Waals surface area contributed by atoms with E-state index in [1.165, 1.54) is 0 Å². The molecule has 1 N–H and O–H groups in total. The number of carbonyl (C=O) groups is 1. The van der Waals surface area contributed by atoms with Gasteiger partial charge in [-0.2, -0.15) is 0 Å². The van der Waals surface area contributed by atoms with Crippen molar-refractivity contribution in [1.82, 2.24) is 24.9 Å². The zero-order valence-corrected chi connectivity index (χ0v) is 15.5. The highest BCUT2D eigenvalue weighted by Gasteiger charge is 2.26. The summed E-state index contributed by atoms with van der Waals surface area (Å²) in [5.74, 6) is 0.917. The molecule has 2 aliphatic rings. The molecule has 2 fully saturated rings. The van der Waals surface area contributed by atoms with Gasteiger partial charge in [0.1, 0.15) is 0 Å². The minimum Gasteiger partial charge on any atom is -0.450 e. The Morgan fingerprint density at radius 1 is 1.12 bits per heavy atom. The number of piperazine rings is 2. The molecule has 0 spiro atoms. The summed E-state index contributed by atoms with van der Waals surface area (Å²) in [6.07, 6.45) is -0.216. The molecule has 0 aliphatic carbocycles. The molecule has 0 aromatic rings. The van der Waals surface area contributed by atoms with Crippen molar-refractivity contribution < 1.29 is 9.53 Å². The normalized spacial score (nSPS) is 24.2. The van der Waals surface area contributed by atoms with Crippen molar-refractivity contribution in [2.24, 2.45) is 4.99 Å². The fourth-order valence-corrected chi connectivity index (χ4v) is 3.18. The van der Waals surface area contributed by atoms with Gasteiger partial charge in [-0.25, -0.2) is 4.79 Å². The number of nitrogens with zero attached hydrogens (tertiary/aromatic N) is 5. The smallest absolute Gasteiger partial charge is 0.409 e. The van der Waals surface area contributed by atoms with Crippen molar-refractivity contribution >= 4 is 12.1 Å². The molecule has 0 bridgehead atoms. The lowest BCUT2D eigenvalue weighted by atomic mass is 10.2. The van der Waals surface area contributed by atoms with Gasteiger partial charge < -0.3 is 24.8 Å². The van der Waals surface area contributed by atoms with E-state index >= 15 is 0 Å². The van der Waals surface area contributed by atoms with Crippen LogP contribution < -0.4 is 5.32 Å². The van der Waals surface area contributed by atoms with Crippen molar-refractivity contribution in [1.29, 1.82) is 0 Å². The van der Waals surface area contributed by atoms with E-state index in [1.54, 1.807) is 4.90 Å². The molecule has 0 radical (unpaired) electrons. The summed E-state index contributed by atoms with van der Waals surface area (Å²) in [5, 5.41) is 3.50. The van der Waals surface area contributed by atoms with Gasteiger partial charge in [0.05, 0.1) is 6.61 Å². The quantitative estimate of drug-likeness (QED) is 0.556. The maximum absolute atomic E-state index is 11.8. The highest BCUT2D eigenvalue weighted by molar-refractivity contribution is 5.80. The predicted molar refractivity (Wildman–Crippen MR) is 95.4 cm³/mol. The molecular weight excluding hydrogens is 308 g/mol. The van der Waals surface area contributed by atoms with Crippen LogP contribution in [0.15, 0.2) is 4.99 Å². The lowest BCUT2D eigenvalue weighted by Gasteiger charge is -2.39. The first-order valence-electron chi connectivity index (χ1n) is 8.81. The zero-order chi connectivity index (χ0) is 17.5. The first kappa shape index (κ1) is 18.8. The standard InChI is InChI=1S/C16H32N6O2/c1-5-24-16(23)22-10-8-21(9-11-22)15(17-2)18-12-14-13-19(3)6-7-20(14)4/h14H,5-13H2,1-4H3,(H,17,18). The Labute approximate surface area is 145 Å². The number of likely N-dealkylation sites (N-methyl/N-ethyl adjacent to an activating group) is 2. The highest BCUT2D eigenvalue weighted by atomic mass is 16.6. The Morgan fingerprint density at radius 3 is 2.42 bits per heavy atom. The summed E-state index contributed by atoms with van der Waals surface area (Å²) in [6.45, 7) is 9.32. The molecule has 1 amide bonds. The minimum absolute atomic E-state index is 0.216. The maximum Gasteiger partial charge on any atom is 0.409 e. The zero-order valence-electron chi connectivity index (χ0n) is 15.5. The average Bonchev–Trinajstić information content (AvgIpc) is 2.59. The van der Waals surface area contributed by atoms with Gasteiger partial charge in [0.25, 0.3) is 0 Å². The van der Waals surface area contributed by atoms with Gasteiger partial charge in [-0.3, -0.25) is 9.89 Å². The number of amides is 1. The molecule has 2 aliphatic heterocycles. The van der Waals surface area contributed by atoms with E-state index in [0.29, 0.717) is 25.7 Å². The number of hydrogen-bond donors (Lipinski definition) is 1. The van der Waals surface area contributed by atoms with Crippen LogP contribution in [0.4, 0.5) is 4.79 Å². The second-order valence-electron chi connectivity index (χ2n) is 6.50. The first-order chi connectivity index (χ1) is 11.5. The summed E-state index contributed by atoms with van der Waals surface area (Å²) in [6, 6.07) is 0.487. The largest absolute Gasteiger partial charge is 0.450 e. The third-order valence-electron chi connectivity index (χ3n) is 4.79. The minimum atomic E-state index is -0.216. The third-order valence-corrected chi connectivity index (χ3v) is 4.79. The molecule has 1 unspecified atom stereocenters. The Hall–Kier alpha value is -1.54. The number of nitrogens with one attached hydrogen (secondary N) is 1. The van der Waals surface area contributed by atoms with E-state index in [4.69, 9.17) is 4.74 Å². The number of rotatable bonds is 3. The Bertz CT molecular complexity index is 436. The van der Waals surface area contributed by atoms with Gasteiger partial charge in [0, 0.05) is 65.4 Å². The molecule has 0 saturated carbocycles. The van der Waals surface area contributed by atoms with Crippen LogP contribution in [-0.2, 0) is 4.74 Å². The molecule has 0 aromatic carbocycles. The summed E-state index contributed by atoms with van der Waals surface area (Å²) < 4.78 is 5.06. The summed E-state index contributed by atoms with van der Waals surface area (Å²) in [7, 11) is 6.17. The van der Waals surface area contributed by atoms with E-state index < -0.39 is 0 Å². The van der Waals surface area contributed by atoms with E-state index in [2.05, 4.69) is 39.1 Å². The van der Waals surface area contributed by atoms with E-state index in [1.807, 2.05) is 14.0 Å².